The van der Waals surface area contributed by atoms with Crippen molar-refractivity contribution in [2.24, 2.45) is 0 Å². The van der Waals surface area contributed by atoms with E-state index in [1.807, 2.05) is 12.1 Å². The van der Waals surface area contributed by atoms with E-state index in [0.717, 1.165) is 36.5 Å². The molecule has 1 unspecified atom stereocenters. The van der Waals surface area contributed by atoms with Gasteiger partial charge < -0.3 is 14.2 Å². The number of fused-ring (bicyclic) bond motifs is 1. The number of likely N-dealkylation sites (tertiary alicyclic amines) is 1. The Balaban J connectivity index is 2.06. The van der Waals surface area contributed by atoms with Crippen LogP contribution in [0.3, 0.4) is 0 Å². The number of imidazole rings is 1. The molecule has 0 amide bonds. The number of halogens is 1. The van der Waals surface area contributed by atoms with E-state index >= 15 is 0 Å². The largest absolute Gasteiger partial charge is 0.481 e. The number of hydrogen-bond donors (Lipinski definition) is 0. The molecule has 3 heterocycles. The fraction of sp³-hybridized carbons (Fsp3) is 0.600. The first-order chi connectivity index (χ1) is 10.3. The van der Waals surface area contributed by atoms with Gasteiger partial charge in [-0.25, -0.2) is 4.98 Å². The van der Waals surface area contributed by atoms with Crippen LogP contribution in [0.2, 0.25) is 0 Å². The van der Waals surface area contributed by atoms with Gasteiger partial charge in [-0.3, -0.25) is 0 Å². The average molecular weight is 309 g/mol. The monoisotopic (exact) mass is 308 g/mol. The highest BCUT2D eigenvalue weighted by atomic mass is 35.5. The summed E-state index contributed by atoms with van der Waals surface area (Å²) in [5.74, 6) is 1.92. The Bertz CT molecular complexity index is 627. The molecule has 1 aliphatic rings. The van der Waals surface area contributed by atoms with Crippen LogP contribution >= 0.6 is 11.6 Å². The Morgan fingerprint density at radius 3 is 2.95 bits per heavy atom. The molecule has 1 saturated heterocycles. The molecule has 0 bridgehead atoms. The molecule has 6 heteroatoms. The van der Waals surface area contributed by atoms with Crippen molar-refractivity contribution in [3.63, 3.8) is 0 Å². The summed E-state index contributed by atoms with van der Waals surface area (Å²) in [6.07, 6.45) is 2.34. The molecule has 0 radical (unpaired) electrons. The molecule has 0 aliphatic carbocycles. The van der Waals surface area contributed by atoms with Gasteiger partial charge in [0.1, 0.15) is 11.3 Å². The molecule has 5 nitrogen and oxygen atoms in total. The number of pyridine rings is 1. The number of likely N-dealkylation sites (N-methyl/N-ethyl adjacent to an activating group) is 1. The predicted molar refractivity (Wildman–Crippen MR) is 84.0 cm³/mol. The van der Waals surface area contributed by atoms with Crippen LogP contribution in [-0.4, -0.2) is 46.2 Å². The minimum atomic E-state index is 0.386. The molecular formula is C15H21ClN4O. The number of piperidine rings is 1. The summed E-state index contributed by atoms with van der Waals surface area (Å²) < 4.78 is 7.47. The SMILES string of the molecule is CCN1CCCC(n2c(CCl)nc3ccc(OC)nc32)C1. The smallest absolute Gasteiger partial charge is 0.215 e. The van der Waals surface area contributed by atoms with Gasteiger partial charge in [-0.2, -0.15) is 4.98 Å². The number of aromatic nitrogens is 3. The molecule has 2 aromatic rings. The standard InChI is InChI=1S/C15H21ClN4O/c1-3-19-8-4-5-11(10-19)20-13(9-16)17-12-6-7-14(21-2)18-15(12)20/h6-7,11H,3-5,8-10H2,1-2H3. The van der Waals surface area contributed by atoms with Crippen molar-refractivity contribution in [1.29, 1.82) is 0 Å². The van der Waals surface area contributed by atoms with Gasteiger partial charge in [0.05, 0.1) is 13.0 Å². The van der Waals surface area contributed by atoms with E-state index in [4.69, 9.17) is 16.3 Å². The molecule has 0 aromatic carbocycles. The van der Waals surface area contributed by atoms with Crippen LogP contribution in [0.4, 0.5) is 0 Å². The zero-order valence-corrected chi connectivity index (χ0v) is 13.3. The molecule has 1 fully saturated rings. The van der Waals surface area contributed by atoms with Crippen LogP contribution in [0, 0.1) is 0 Å². The van der Waals surface area contributed by atoms with Crippen molar-refractivity contribution >= 4 is 22.8 Å². The Labute approximate surface area is 129 Å². The van der Waals surface area contributed by atoms with Crippen LogP contribution in [0.25, 0.3) is 11.2 Å². The van der Waals surface area contributed by atoms with Gasteiger partial charge in [-0.05, 0) is 32.0 Å². The van der Waals surface area contributed by atoms with Crippen molar-refractivity contribution in [2.45, 2.75) is 31.7 Å². The molecule has 2 aromatic heterocycles. The molecule has 21 heavy (non-hydrogen) atoms. The molecule has 0 N–H and O–H groups in total. The van der Waals surface area contributed by atoms with Crippen LogP contribution in [0.15, 0.2) is 12.1 Å². The van der Waals surface area contributed by atoms with Crippen LogP contribution in [0.5, 0.6) is 5.88 Å². The summed E-state index contributed by atoms with van der Waals surface area (Å²) in [5.41, 5.74) is 1.77. The maximum atomic E-state index is 6.11. The lowest BCUT2D eigenvalue weighted by Crippen LogP contribution is -2.36. The predicted octanol–water partition coefficient (Wildman–Crippen LogP) is 2.84. The first-order valence-electron chi connectivity index (χ1n) is 7.47. The highest BCUT2D eigenvalue weighted by Crippen LogP contribution is 2.28. The van der Waals surface area contributed by atoms with Crippen LogP contribution < -0.4 is 4.74 Å². The number of hydrogen-bond acceptors (Lipinski definition) is 4. The summed E-state index contributed by atoms with van der Waals surface area (Å²) in [6.45, 7) is 5.49. The van der Waals surface area contributed by atoms with Crippen LogP contribution in [0.1, 0.15) is 31.6 Å². The fourth-order valence-electron chi connectivity index (χ4n) is 3.12. The minimum absolute atomic E-state index is 0.386. The summed E-state index contributed by atoms with van der Waals surface area (Å²) in [4.78, 5) is 11.7. The number of ether oxygens (including phenoxy) is 1. The van der Waals surface area contributed by atoms with Crippen molar-refractivity contribution in [3.8, 4) is 5.88 Å². The van der Waals surface area contributed by atoms with Gasteiger partial charge in [0.2, 0.25) is 5.88 Å². The molecule has 1 aliphatic heterocycles. The summed E-state index contributed by atoms with van der Waals surface area (Å²) in [7, 11) is 1.64. The number of rotatable bonds is 4. The molecular weight excluding hydrogens is 288 g/mol. The maximum absolute atomic E-state index is 6.11. The van der Waals surface area contributed by atoms with Gasteiger partial charge in [0, 0.05) is 18.7 Å². The topological polar surface area (TPSA) is 43.2 Å². The Hall–Kier alpha value is -1.33. The normalized spacial score (nSPS) is 20.0. The lowest BCUT2D eigenvalue weighted by atomic mass is 10.1. The van der Waals surface area contributed by atoms with Crippen molar-refractivity contribution < 1.29 is 4.74 Å². The zero-order chi connectivity index (χ0) is 14.8. The second-order valence-corrected chi connectivity index (χ2v) is 5.68. The van der Waals surface area contributed by atoms with Gasteiger partial charge in [-0.1, -0.05) is 6.92 Å². The maximum Gasteiger partial charge on any atom is 0.215 e. The van der Waals surface area contributed by atoms with Gasteiger partial charge >= 0.3 is 0 Å². The number of methoxy groups -OCH3 is 1. The molecule has 3 rings (SSSR count). The number of nitrogens with zero attached hydrogens (tertiary/aromatic N) is 4. The van der Waals surface area contributed by atoms with Gasteiger partial charge in [0.25, 0.3) is 0 Å². The first kappa shape index (κ1) is 14.6. The molecule has 0 spiro atoms. The summed E-state index contributed by atoms with van der Waals surface area (Å²) >= 11 is 6.11. The fourth-order valence-corrected chi connectivity index (χ4v) is 3.31. The highest BCUT2D eigenvalue weighted by molar-refractivity contribution is 6.16. The van der Waals surface area contributed by atoms with E-state index in [2.05, 4.69) is 26.4 Å². The Morgan fingerprint density at radius 1 is 1.38 bits per heavy atom. The van der Waals surface area contributed by atoms with E-state index in [1.54, 1.807) is 7.11 Å². The first-order valence-corrected chi connectivity index (χ1v) is 8.00. The highest BCUT2D eigenvalue weighted by Gasteiger charge is 2.25. The lowest BCUT2D eigenvalue weighted by Gasteiger charge is -2.33. The molecule has 114 valence electrons. The van der Waals surface area contributed by atoms with Crippen molar-refractivity contribution in [1.82, 2.24) is 19.4 Å². The minimum Gasteiger partial charge on any atom is -0.481 e. The van der Waals surface area contributed by atoms with E-state index in [1.165, 1.54) is 13.0 Å². The van der Waals surface area contributed by atoms with E-state index < -0.39 is 0 Å². The summed E-state index contributed by atoms with van der Waals surface area (Å²) in [6, 6.07) is 4.18. The van der Waals surface area contributed by atoms with Crippen LogP contribution in [-0.2, 0) is 5.88 Å². The zero-order valence-electron chi connectivity index (χ0n) is 12.5. The quantitative estimate of drug-likeness (QED) is 0.815. The van der Waals surface area contributed by atoms with E-state index in [9.17, 15) is 0 Å². The number of alkyl halides is 1. The molecule has 0 saturated carbocycles. The lowest BCUT2D eigenvalue weighted by molar-refractivity contribution is 0.185. The average Bonchev–Trinajstić information content (AvgIpc) is 2.92. The Morgan fingerprint density at radius 2 is 2.24 bits per heavy atom. The third-order valence-corrected chi connectivity index (χ3v) is 4.45. The van der Waals surface area contributed by atoms with Crippen molar-refractivity contribution in [2.75, 3.05) is 26.7 Å². The van der Waals surface area contributed by atoms with Crippen molar-refractivity contribution in [3.05, 3.63) is 18.0 Å². The second kappa shape index (κ2) is 6.20. The van der Waals surface area contributed by atoms with Gasteiger partial charge in [0.15, 0.2) is 5.65 Å². The van der Waals surface area contributed by atoms with E-state index in [0.29, 0.717) is 17.8 Å². The third kappa shape index (κ3) is 2.72. The third-order valence-electron chi connectivity index (χ3n) is 4.21. The van der Waals surface area contributed by atoms with E-state index in [-0.39, 0.29) is 0 Å². The Kier molecular flexibility index (Phi) is 4.31. The van der Waals surface area contributed by atoms with Gasteiger partial charge in [-0.15, -0.1) is 11.6 Å². The second-order valence-electron chi connectivity index (χ2n) is 5.42. The molecule has 1 atom stereocenters. The summed E-state index contributed by atoms with van der Waals surface area (Å²) in [5, 5.41) is 0.